The molecule has 1 N–H and O–H groups in total. The summed E-state index contributed by atoms with van der Waals surface area (Å²) in [6.07, 6.45) is 1.92. The molecule has 0 unspecified atom stereocenters. The summed E-state index contributed by atoms with van der Waals surface area (Å²) in [5.41, 5.74) is 0.767. The Labute approximate surface area is 112 Å². The fourth-order valence-corrected chi connectivity index (χ4v) is 3.65. The molecule has 1 atom stereocenters. The van der Waals surface area contributed by atoms with Crippen LogP contribution < -0.4 is 4.72 Å². The van der Waals surface area contributed by atoms with Gasteiger partial charge in [0.05, 0.1) is 11.5 Å². The molecule has 1 aromatic rings. The van der Waals surface area contributed by atoms with Crippen LogP contribution in [0.4, 0.5) is 0 Å². The SMILES string of the molecule is CCNS(=O)(=O)[C@H]1CCN(C(=O)c2occc2C)C1. The number of carbonyl (C=O) groups excluding carboxylic acids is 1. The molecular formula is C12H18N2O4S. The van der Waals surface area contributed by atoms with Gasteiger partial charge < -0.3 is 9.32 Å². The van der Waals surface area contributed by atoms with E-state index in [1.807, 2.05) is 0 Å². The number of sulfonamides is 1. The monoisotopic (exact) mass is 286 g/mol. The van der Waals surface area contributed by atoms with Gasteiger partial charge in [0.2, 0.25) is 10.0 Å². The summed E-state index contributed by atoms with van der Waals surface area (Å²) in [4.78, 5) is 13.7. The van der Waals surface area contributed by atoms with Crippen molar-refractivity contribution in [2.75, 3.05) is 19.6 Å². The third kappa shape index (κ3) is 2.82. The Morgan fingerprint density at radius 3 is 2.89 bits per heavy atom. The van der Waals surface area contributed by atoms with Gasteiger partial charge in [-0.1, -0.05) is 6.92 Å². The normalized spacial score (nSPS) is 19.9. The summed E-state index contributed by atoms with van der Waals surface area (Å²) in [5.74, 6) is 0.0539. The van der Waals surface area contributed by atoms with Crippen LogP contribution in [0.15, 0.2) is 16.7 Å². The van der Waals surface area contributed by atoms with Gasteiger partial charge >= 0.3 is 0 Å². The molecule has 0 spiro atoms. The first-order valence-electron chi connectivity index (χ1n) is 6.27. The van der Waals surface area contributed by atoms with Gasteiger partial charge in [0, 0.05) is 25.2 Å². The Hall–Kier alpha value is -1.34. The van der Waals surface area contributed by atoms with Gasteiger partial charge in [-0.25, -0.2) is 13.1 Å². The van der Waals surface area contributed by atoms with Gasteiger partial charge in [-0.05, 0) is 19.4 Å². The van der Waals surface area contributed by atoms with E-state index in [9.17, 15) is 13.2 Å². The van der Waals surface area contributed by atoms with Crippen LogP contribution in [-0.2, 0) is 10.0 Å². The first-order chi connectivity index (χ1) is 8.95. The highest BCUT2D eigenvalue weighted by molar-refractivity contribution is 7.90. The van der Waals surface area contributed by atoms with Crippen molar-refractivity contribution in [1.82, 2.24) is 9.62 Å². The van der Waals surface area contributed by atoms with Gasteiger partial charge in [-0.3, -0.25) is 4.79 Å². The van der Waals surface area contributed by atoms with Crippen molar-refractivity contribution in [2.24, 2.45) is 0 Å². The molecule has 0 bridgehead atoms. The lowest BCUT2D eigenvalue weighted by atomic mass is 10.2. The molecular weight excluding hydrogens is 268 g/mol. The molecule has 19 heavy (non-hydrogen) atoms. The van der Waals surface area contributed by atoms with Crippen molar-refractivity contribution in [3.8, 4) is 0 Å². The van der Waals surface area contributed by atoms with E-state index in [0.717, 1.165) is 5.56 Å². The summed E-state index contributed by atoms with van der Waals surface area (Å²) in [6.45, 7) is 4.55. The molecule has 0 radical (unpaired) electrons. The largest absolute Gasteiger partial charge is 0.459 e. The number of hydrogen-bond donors (Lipinski definition) is 1. The van der Waals surface area contributed by atoms with Crippen LogP contribution in [0.3, 0.4) is 0 Å². The number of rotatable bonds is 4. The average molecular weight is 286 g/mol. The van der Waals surface area contributed by atoms with Gasteiger partial charge in [-0.2, -0.15) is 0 Å². The van der Waals surface area contributed by atoms with E-state index in [1.165, 1.54) is 11.2 Å². The Morgan fingerprint density at radius 2 is 2.32 bits per heavy atom. The van der Waals surface area contributed by atoms with Crippen molar-refractivity contribution >= 4 is 15.9 Å². The number of nitrogens with one attached hydrogen (secondary N) is 1. The van der Waals surface area contributed by atoms with Crippen LogP contribution in [0.25, 0.3) is 0 Å². The minimum Gasteiger partial charge on any atom is -0.459 e. The highest BCUT2D eigenvalue weighted by Gasteiger charge is 2.36. The van der Waals surface area contributed by atoms with Crippen LogP contribution in [0.2, 0.25) is 0 Å². The van der Waals surface area contributed by atoms with Gasteiger partial charge in [-0.15, -0.1) is 0 Å². The highest BCUT2D eigenvalue weighted by Crippen LogP contribution is 2.20. The Bertz CT molecular complexity index is 564. The second kappa shape index (κ2) is 5.34. The third-order valence-corrected chi connectivity index (χ3v) is 5.23. The molecule has 7 heteroatoms. The minimum absolute atomic E-state index is 0.217. The number of hydrogen-bond acceptors (Lipinski definition) is 4. The Balaban J connectivity index is 2.07. The molecule has 2 rings (SSSR count). The van der Waals surface area contributed by atoms with E-state index >= 15 is 0 Å². The molecule has 6 nitrogen and oxygen atoms in total. The zero-order valence-electron chi connectivity index (χ0n) is 11.0. The predicted octanol–water partition coefficient (Wildman–Crippen LogP) is 0.742. The second-order valence-corrected chi connectivity index (χ2v) is 6.68. The summed E-state index contributed by atoms with van der Waals surface area (Å²) in [7, 11) is -3.33. The molecule has 1 aliphatic rings. The van der Waals surface area contributed by atoms with Crippen LogP contribution in [0.5, 0.6) is 0 Å². The van der Waals surface area contributed by atoms with Crippen molar-refractivity contribution in [2.45, 2.75) is 25.5 Å². The summed E-state index contributed by atoms with van der Waals surface area (Å²) in [6, 6.07) is 1.72. The molecule has 1 fully saturated rings. The third-order valence-electron chi connectivity index (χ3n) is 3.27. The van der Waals surface area contributed by atoms with Gasteiger partial charge in [0.1, 0.15) is 0 Å². The average Bonchev–Trinajstić information content (AvgIpc) is 2.96. The standard InChI is InChI=1S/C12H18N2O4S/c1-3-13-19(16,17)10-4-6-14(8-10)12(15)11-9(2)5-7-18-11/h5,7,10,13H,3-4,6,8H2,1-2H3/t10-/m0/s1. The van der Waals surface area contributed by atoms with Crippen LogP contribution in [0, 0.1) is 6.92 Å². The smallest absolute Gasteiger partial charge is 0.289 e. The van der Waals surface area contributed by atoms with E-state index < -0.39 is 15.3 Å². The Morgan fingerprint density at radius 1 is 1.58 bits per heavy atom. The van der Waals surface area contributed by atoms with Crippen LogP contribution >= 0.6 is 0 Å². The van der Waals surface area contributed by atoms with Crippen molar-refractivity contribution in [3.05, 3.63) is 23.7 Å². The number of nitrogens with zero attached hydrogens (tertiary/aromatic N) is 1. The Kier molecular flexibility index (Phi) is 3.96. The second-order valence-electron chi connectivity index (χ2n) is 4.64. The van der Waals surface area contributed by atoms with Crippen molar-refractivity contribution < 1.29 is 17.6 Å². The predicted molar refractivity (Wildman–Crippen MR) is 70.4 cm³/mol. The molecule has 1 saturated heterocycles. The van der Waals surface area contributed by atoms with E-state index in [0.29, 0.717) is 25.3 Å². The van der Waals surface area contributed by atoms with Crippen LogP contribution in [-0.4, -0.2) is 44.1 Å². The lowest BCUT2D eigenvalue weighted by molar-refractivity contribution is 0.0760. The molecule has 0 saturated carbocycles. The number of furan rings is 1. The topological polar surface area (TPSA) is 79.6 Å². The highest BCUT2D eigenvalue weighted by atomic mass is 32.2. The molecule has 1 aromatic heterocycles. The van der Waals surface area contributed by atoms with Gasteiger partial charge in [0.25, 0.3) is 5.91 Å². The van der Waals surface area contributed by atoms with Crippen LogP contribution in [0.1, 0.15) is 29.5 Å². The maximum Gasteiger partial charge on any atom is 0.289 e. The summed E-state index contributed by atoms with van der Waals surface area (Å²) < 4.78 is 31.4. The first-order valence-corrected chi connectivity index (χ1v) is 7.82. The van der Waals surface area contributed by atoms with E-state index in [4.69, 9.17) is 4.42 Å². The summed E-state index contributed by atoms with van der Waals surface area (Å²) >= 11 is 0. The fraction of sp³-hybridized carbons (Fsp3) is 0.583. The molecule has 1 amide bonds. The maximum atomic E-state index is 12.2. The van der Waals surface area contributed by atoms with Crippen molar-refractivity contribution in [3.63, 3.8) is 0 Å². The summed E-state index contributed by atoms with van der Waals surface area (Å²) in [5, 5.41) is -0.535. The first kappa shape index (κ1) is 14.1. The molecule has 0 aliphatic carbocycles. The number of aryl methyl sites for hydroxylation is 1. The van der Waals surface area contributed by atoms with E-state index in [-0.39, 0.29) is 12.5 Å². The van der Waals surface area contributed by atoms with Gasteiger partial charge in [0.15, 0.2) is 5.76 Å². The lowest BCUT2D eigenvalue weighted by Gasteiger charge is -2.15. The number of carbonyl (C=O) groups is 1. The zero-order valence-corrected chi connectivity index (χ0v) is 11.9. The zero-order chi connectivity index (χ0) is 14.0. The number of amides is 1. The molecule has 2 heterocycles. The number of likely N-dealkylation sites (tertiary alicyclic amines) is 1. The maximum absolute atomic E-state index is 12.2. The minimum atomic E-state index is -3.33. The van der Waals surface area contributed by atoms with Crippen molar-refractivity contribution in [1.29, 1.82) is 0 Å². The molecule has 1 aliphatic heterocycles. The van der Waals surface area contributed by atoms with E-state index in [2.05, 4.69) is 4.72 Å². The fourth-order valence-electron chi connectivity index (χ4n) is 2.22. The van der Waals surface area contributed by atoms with E-state index in [1.54, 1.807) is 19.9 Å². The quantitative estimate of drug-likeness (QED) is 0.885. The lowest BCUT2D eigenvalue weighted by Crippen LogP contribution is -2.37. The molecule has 0 aromatic carbocycles. The molecule has 106 valence electrons.